The van der Waals surface area contributed by atoms with E-state index >= 15 is 0 Å². The largest absolute Gasteiger partial charge is 0.405 e. The third-order valence-electron chi connectivity index (χ3n) is 6.77. The Labute approximate surface area is 162 Å². The van der Waals surface area contributed by atoms with Crippen molar-refractivity contribution in [2.75, 3.05) is 0 Å². The Bertz CT molecular complexity index is 683. The molecule has 1 fully saturated rings. The smallest absolute Gasteiger partial charge is 0.258 e. The number of rotatable bonds is 5. The molecular formula is C22H34OSi3. The summed E-state index contributed by atoms with van der Waals surface area (Å²) in [4.78, 5) is 0. The van der Waals surface area contributed by atoms with Gasteiger partial charge in [0.1, 0.15) is 0 Å². The molecule has 2 atom stereocenters. The molecule has 0 spiro atoms. The highest BCUT2D eigenvalue weighted by atomic mass is 29.3. The molecule has 2 aromatic rings. The van der Waals surface area contributed by atoms with Crippen molar-refractivity contribution in [2.24, 2.45) is 0 Å². The first-order valence-corrected chi connectivity index (χ1v) is 19.6. The van der Waals surface area contributed by atoms with Crippen molar-refractivity contribution in [3.63, 3.8) is 0 Å². The van der Waals surface area contributed by atoms with E-state index in [-0.39, 0.29) is 0 Å². The Hall–Kier alpha value is -0.949. The lowest BCUT2D eigenvalue weighted by molar-refractivity contribution is 0.250. The van der Waals surface area contributed by atoms with Gasteiger partial charge in [-0.25, -0.2) is 0 Å². The van der Waals surface area contributed by atoms with Crippen LogP contribution in [0.15, 0.2) is 60.7 Å². The van der Waals surface area contributed by atoms with Crippen molar-refractivity contribution in [3.05, 3.63) is 60.7 Å². The monoisotopic (exact) mass is 398 g/mol. The first-order valence-electron chi connectivity index (χ1n) is 9.96. The lowest BCUT2D eigenvalue weighted by Gasteiger charge is -2.41. The van der Waals surface area contributed by atoms with Gasteiger partial charge in [-0.15, -0.1) is 0 Å². The summed E-state index contributed by atoms with van der Waals surface area (Å²) in [5, 5.41) is 2.92. The minimum absolute atomic E-state index is 0.360. The van der Waals surface area contributed by atoms with Crippen LogP contribution in [-0.2, 0) is 4.43 Å². The molecule has 0 N–H and O–H groups in total. The zero-order valence-electron chi connectivity index (χ0n) is 17.3. The first-order chi connectivity index (χ1) is 12.2. The second kappa shape index (κ2) is 7.23. The van der Waals surface area contributed by atoms with Crippen LogP contribution >= 0.6 is 0 Å². The molecule has 140 valence electrons. The van der Waals surface area contributed by atoms with Crippen molar-refractivity contribution in [2.45, 2.75) is 63.8 Å². The van der Waals surface area contributed by atoms with Crippen molar-refractivity contribution in [3.8, 4) is 0 Å². The van der Waals surface area contributed by atoms with Crippen LogP contribution in [0.25, 0.3) is 0 Å². The maximum atomic E-state index is 6.97. The van der Waals surface area contributed by atoms with Gasteiger partial charge < -0.3 is 4.43 Å². The van der Waals surface area contributed by atoms with Gasteiger partial charge in [0.05, 0.1) is 0 Å². The second-order valence-corrected chi connectivity index (χ2v) is 30.6. The van der Waals surface area contributed by atoms with Crippen LogP contribution in [0.5, 0.6) is 0 Å². The summed E-state index contributed by atoms with van der Waals surface area (Å²) in [6.45, 7) is 15.3. The molecule has 0 unspecified atom stereocenters. The van der Waals surface area contributed by atoms with Crippen LogP contribution in [-0.4, -0.2) is 29.6 Å². The normalized spacial score (nSPS) is 23.2. The van der Waals surface area contributed by atoms with E-state index in [0.717, 1.165) is 0 Å². The molecule has 3 rings (SSSR count). The van der Waals surface area contributed by atoms with Crippen LogP contribution in [0.4, 0.5) is 0 Å². The van der Waals surface area contributed by atoms with Crippen LogP contribution in [0.1, 0.15) is 13.3 Å². The summed E-state index contributed by atoms with van der Waals surface area (Å²) in [7, 11) is -4.60. The van der Waals surface area contributed by atoms with Gasteiger partial charge in [0, 0.05) is 21.3 Å². The molecule has 1 aliphatic rings. The molecule has 0 saturated carbocycles. The summed E-state index contributed by atoms with van der Waals surface area (Å²) in [5.41, 5.74) is 0.690. The lowest BCUT2D eigenvalue weighted by atomic mass is 10.2. The zero-order valence-corrected chi connectivity index (χ0v) is 20.3. The third-order valence-corrected chi connectivity index (χ3v) is 30.3. The molecule has 1 heterocycles. The Kier molecular flexibility index (Phi) is 5.50. The van der Waals surface area contributed by atoms with Crippen LogP contribution < -0.4 is 10.4 Å². The molecule has 1 aliphatic heterocycles. The quantitative estimate of drug-likeness (QED) is 0.640. The molecule has 0 aliphatic carbocycles. The number of hydrogen-bond acceptors (Lipinski definition) is 1. The first kappa shape index (κ1) is 19.8. The van der Waals surface area contributed by atoms with Crippen LogP contribution in [0, 0.1) is 0 Å². The van der Waals surface area contributed by atoms with E-state index in [0.29, 0.717) is 11.6 Å². The molecule has 26 heavy (non-hydrogen) atoms. The van der Waals surface area contributed by atoms with Crippen molar-refractivity contribution in [1.29, 1.82) is 0 Å². The van der Waals surface area contributed by atoms with Crippen LogP contribution in [0.3, 0.4) is 0 Å². The van der Waals surface area contributed by atoms with Gasteiger partial charge in [-0.05, 0) is 29.3 Å². The van der Waals surface area contributed by atoms with Gasteiger partial charge >= 0.3 is 0 Å². The number of benzene rings is 2. The topological polar surface area (TPSA) is 9.23 Å². The Morgan fingerprint density at radius 1 is 0.846 bits per heavy atom. The summed E-state index contributed by atoms with van der Waals surface area (Å²) in [6, 6.07) is 23.7. The van der Waals surface area contributed by atoms with Gasteiger partial charge in [0.2, 0.25) is 0 Å². The fraction of sp³-hybridized carbons (Fsp3) is 0.455. The van der Waals surface area contributed by atoms with Gasteiger partial charge in [-0.3, -0.25) is 0 Å². The maximum absolute atomic E-state index is 6.97. The van der Waals surface area contributed by atoms with E-state index in [1.54, 1.807) is 0 Å². The summed E-state index contributed by atoms with van der Waals surface area (Å²) < 4.78 is 6.97. The number of hydrogen-bond donors (Lipinski definition) is 0. The third kappa shape index (κ3) is 3.57. The predicted octanol–water partition coefficient (Wildman–Crippen LogP) is 5.05. The molecule has 1 nitrogen and oxygen atoms in total. The zero-order chi connectivity index (χ0) is 19.0. The Balaban J connectivity index is 2.13. The van der Waals surface area contributed by atoms with E-state index in [1.807, 2.05) is 0 Å². The SMILES string of the molecule is C[C@@H]1C[C@H](C[Si](C)(C)[Si](C)(C)C)[Si](c2ccccc2)(c2ccccc2)O1. The highest BCUT2D eigenvalue weighted by Crippen LogP contribution is 2.44. The van der Waals surface area contributed by atoms with Gasteiger partial charge in [0.15, 0.2) is 0 Å². The minimum atomic E-state index is -2.21. The average molecular weight is 399 g/mol. The molecule has 0 amide bonds. The average Bonchev–Trinajstić information content (AvgIpc) is 2.92. The van der Waals surface area contributed by atoms with Crippen molar-refractivity contribution >= 4 is 33.9 Å². The highest BCUT2D eigenvalue weighted by Gasteiger charge is 2.55. The van der Waals surface area contributed by atoms with Gasteiger partial charge in [-0.1, -0.05) is 99.4 Å². The van der Waals surface area contributed by atoms with Gasteiger partial charge in [0.25, 0.3) is 8.32 Å². The fourth-order valence-corrected chi connectivity index (χ4v) is 16.7. The molecule has 2 aromatic carbocycles. The van der Waals surface area contributed by atoms with Crippen molar-refractivity contribution < 1.29 is 4.43 Å². The summed E-state index contributed by atoms with van der Waals surface area (Å²) in [5.74, 6) is 0. The van der Waals surface area contributed by atoms with E-state index in [9.17, 15) is 0 Å². The van der Waals surface area contributed by atoms with Crippen molar-refractivity contribution in [1.82, 2.24) is 0 Å². The Morgan fingerprint density at radius 2 is 1.31 bits per heavy atom. The molecule has 0 aromatic heterocycles. The summed E-state index contributed by atoms with van der Waals surface area (Å²) >= 11 is 0. The molecule has 4 heteroatoms. The van der Waals surface area contributed by atoms with Crippen LogP contribution in [0.2, 0.25) is 44.3 Å². The Morgan fingerprint density at radius 3 is 1.73 bits per heavy atom. The van der Waals surface area contributed by atoms with E-state index in [2.05, 4.69) is 100 Å². The minimum Gasteiger partial charge on any atom is -0.405 e. The van der Waals surface area contributed by atoms with E-state index < -0.39 is 23.5 Å². The molecular weight excluding hydrogens is 364 g/mol. The lowest BCUT2D eigenvalue weighted by Crippen LogP contribution is -2.63. The predicted molar refractivity (Wildman–Crippen MR) is 122 cm³/mol. The fourth-order valence-electron chi connectivity index (χ4n) is 4.32. The highest BCUT2D eigenvalue weighted by molar-refractivity contribution is 7.40. The molecule has 1 saturated heterocycles. The molecule has 0 radical (unpaired) electrons. The van der Waals surface area contributed by atoms with Gasteiger partial charge in [-0.2, -0.15) is 0 Å². The van der Waals surface area contributed by atoms with E-state index in [4.69, 9.17) is 4.43 Å². The molecule has 0 bridgehead atoms. The maximum Gasteiger partial charge on any atom is 0.258 e. The summed E-state index contributed by atoms with van der Waals surface area (Å²) in [6.07, 6.45) is 1.58. The second-order valence-electron chi connectivity index (χ2n) is 9.67. The standard InChI is InChI=1S/C22H34OSi3/c1-19-17-22(18-25(5,6)24(2,3)4)26(23-19,20-13-9-7-10-14-20)21-15-11-8-12-16-21/h7-16,19,22H,17-18H2,1-6H3/t19-,22-/m1/s1. The van der Waals surface area contributed by atoms with E-state index in [1.165, 1.54) is 22.8 Å².